The molecule has 72 heavy (non-hydrogen) atoms. The van der Waals surface area contributed by atoms with Gasteiger partial charge in [0, 0.05) is 87.8 Å². The fourth-order valence-corrected chi connectivity index (χ4v) is 13.3. The first kappa shape index (κ1) is 47.5. The Kier molecular flexibility index (Phi) is 13.7. The first-order valence-electron chi connectivity index (χ1n) is 23.1. The lowest BCUT2D eigenvalue weighted by molar-refractivity contribution is 0.103. The van der Waals surface area contributed by atoms with E-state index in [4.69, 9.17) is 0 Å². The second-order valence-electron chi connectivity index (χ2n) is 17.1. The SMILES string of the molecule is O=C(c1ccc(-c2cccc3c2sc2ccccc23)cc1)c1ccc(-c2cccc3c2sc2ccccc23)cc1.O=C(c1ccc(Br)cc1)c1ccc(Br)cc1.OB(O)c1cccc2c1sc1ccccc12.[HH]. The number of carbonyl (C=O) groups excluding carboxylic acids is 2. The molecule has 0 amide bonds. The third-order valence-corrected chi connectivity index (χ3v) is 17.4. The Morgan fingerprint density at radius 2 is 0.653 bits per heavy atom. The predicted molar refractivity (Wildman–Crippen MR) is 316 cm³/mol. The molecule has 4 nitrogen and oxygen atoms in total. The van der Waals surface area contributed by atoms with Crippen molar-refractivity contribution in [2.75, 3.05) is 0 Å². The molecule has 3 aromatic heterocycles. The van der Waals surface area contributed by atoms with E-state index >= 15 is 0 Å². The molecule has 0 radical (unpaired) electrons. The van der Waals surface area contributed by atoms with Crippen LogP contribution in [-0.4, -0.2) is 28.7 Å². The molecule has 3 heterocycles. The highest BCUT2D eigenvalue weighted by molar-refractivity contribution is 9.10. The average Bonchev–Trinajstić information content (AvgIpc) is 4.13. The predicted octanol–water partition coefficient (Wildman–Crippen LogP) is 17.4. The quantitative estimate of drug-likeness (QED) is 0.123. The molecule has 10 heteroatoms. The zero-order chi connectivity index (χ0) is 49.3. The molecule has 0 unspecified atom stereocenters. The van der Waals surface area contributed by atoms with Crippen LogP contribution in [0.5, 0.6) is 0 Å². The molecule has 13 rings (SSSR count). The first-order chi connectivity index (χ1) is 35.2. The molecule has 0 bridgehead atoms. The zero-order valence-corrected chi connectivity index (χ0v) is 43.8. The van der Waals surface area contributed by atoms with Crippen molar-refractivity contribution in [3.05, 3.63) is 256 Å². The standard InChI is InChI=1S/C37H22OS2.C13H8Br2O.C12H9BO2S.H2/c38-35(25-19-15-23(16-20-25)27-9-5-11-31-29-7-1-3-13-33(29)39-36(27)31)26-21-17-24(18-22-26)28-10-6-12-32-30-8-2-4-14-34(30)40-37(28)32;14-11-5-1-9(2-6-11)13(16)10-3-7-12(15)8-4-10;14-13(15)10-6-3-5-9-8-4-1-2-7-11(8)16-12(9)10;/h1-22H;1-8H;1-7,14-15H;1H. The van der Waals surface area contributed by atoms with E-state index in [0.717, 1.165) is 30.2 Å². The Balaban J connectivity index is 0.000000152. The van der Waals surface area contributed by atoms with Crippen LogP contribution in [0.2, 0.25) is 0 Å². The monoisotopic (exact) mass is 1110 g/mol. The van der Waals surface area contributed by atoms with E-state index in [1.165, 1.54) is 61.6 Å². The fraction of sp³-hybridized carbons (Fsp3) is 0. The number of hydrogen-bond donors (Lipinski definition) is 2. The molecule has 0 fully saturated rings. The topological polar surface area (TPSA) is 74.6 Å². The van der Waals surface area contributed by atoms with Crippen molar-refractivity contribution in [1.82, 2.24) is 0 Å². The second-order valence-corrected chi connectivity index (χ2v) is 22.1. The Morgan fingerprint density at radius 1 is 0.347 bits per heavy atom. The lowest BCUT2D eigenvalue weighted by Crippen LogP contribution is -2.29. The van der Waals surface area contributed by atoms with Crippen LogP contribution in [0, 0.1) is 0 Å². The van der Waals surface area contributed by atoms with Crippen molar-refractivity contribution in [1.29, 1.82) is 0 Å². The second kappa shape index (κ2) is 20.7. The van der Waals surface area contributed by atoms with Crippen LogP contribution in [0.4, 0.5) is 0 Å². The van der Waals surface area contributed by atoms with Crippen LogP contribution in [-0.2, 0) is 0 Å². The molecule has 2 N–H and O–H groups in total. The van der Waals surface area contributed by atoms with Crippen molar-refractivity contribution in [3.63, 3.8) is 0 Å². The summed E-state index contributed by atoms with van der Waals surface area (Å²) in [6.07, 6.45) is 0. The normalized spacial score (nSPS) is 11.2. The lowest BCUT2D eigenvalue weighted by atomic mass is 9.80. The average molecular weight is 1120 g/mol. The summed E-state index contributed by atoms with van der Waals surface area (Å²) in [6.45, 7) is 0. The maximum absolute atomic E-state index is 13.4. The minimum Gasteiger partial charge on any atom is -0.423 e. The molecule has 348 valence electrons. The van der Waals surface area contributed by atoms with Crippen LogP contribution < -0.4 is 5.46 Å². The van der Waals surface area contributed by atoms with Gasteiger partial charge in [0.25, 0.3) is 0 Å². The summed E-state index contributed by atoms with van der Waals surface area (Å²) in [4.78, 5) is 25.4. The van der Waals surface area contributed by atoms with E-state index in [-0.39, 0.29) is 13.0 Å². The number of carbonyl (C=O) groups is 2. The molecule has 0 saturated heterocycles. The number of fused-ring (bicyclic) bond motifs is 9. The summed E-state index contributed by atoms with van der Waals surface area (Å²) >= 11 is 11.9. The van der Waals surface area contributed by atoms with E-state index < -0.39 is 7.12 Å². The van der Waals surface area contributed by atoms with Gasteiger partial charge in [0.15, 0.2) is 11.6 Å². The molecular weight excluding hydrogens is 1080 g/mol. The van der Waals surface area contributed by atoms with Gasteiger partial charge in [0.1, 0.15) is 0 Å². The molecule has 0 saturated carbocycles. The van der Waals surface area contributed by atoms with Crippen LogP contribution in [0.1, 0.15) is 33.3 Å². The molecule has 13 aromatic rings. The molecule has 0 aliphatic heterocycles. The molecule has 0 spiro atoms. The Hall–Kier alpha value is -6.86. The smallest absolute Gasteiger partial charge is 0.423 e. The summed E-state index contributed by atoms with van der Waals surface area (Å²) in [5.74, 6) is 0.0817. The molecule has 0 atom stereocenters. The van der Waals surface area contributed by atoms with Crippen LogP contribution in [0.15, 0.2) is 233 Å². The fourth-order valence-electron chi connectivity index (χ4n) is 9.06. The first-order valence-corrected chi connectivity index (χ1v) is 27.1. The van der Waals surface area contributed by atoms with Crippen molar-refractivity contribution in [3.8, 4) is 22.3 Å². The summed E-state index contributed by atoms with van der Waals surface area (Å²) in [5, 5.41) is 26.0. The Bertz CT molecular complexity index is 3920. The van der Waals surface area contributed by atoms with Gasteiger partial charge in [-0.05, 0) is 99.8 Å². The van der Waals surface area contributed by atoms with Crippen molar-refractivity contribution >= 4 is 151 Å². The van der Waals surface area contributed by atoms with Crippen LogP contribution in [0.25, 0.3) is 82.8 Å². The molecule has 10 aromatic carbocycles. The van der Waals surface area contributed by atoms with Crippen molar-refractivity contribution in [2.45, 2.75) is 0 Å². The van der Waals surface area contributed by atoms with E-state index in [1.807, 2.05) is 126 Å². The largest absolute Gasteiger partial charge is 0.489 e. The molecule has 0 aliphatic carbocycles. The highest BCUT2D eigenvalue weighted by Gasteiger charge is 2.18. The molecule has 0 aliphatic rings. The Morgan fingerprint density at radius 3 is 1.03 bits per heavy atom. The summed E-state index contributed by atoms with van der Waals surface area (Å²) in [6, 6.07) is 74.6. The maximum atomic E-state index is 13.4. The Labute approximate surface area is 446 Å². The van der Waals surface area contributed by atoms with E-state index in [1.54, 1.807) is 17.4 Å². The lowest BCUT2D eigenvalue weighted by Gasteiger charge is -2.08. The highest BCUT2D eigenvalue weighted by atomic mass is 79.9. The summed E-state index contributed by atoms with van der Waals surface area (Å²) < 4.78 is 9.23. The van der Waals surface area contributed by atoms with Crippen LogP contribution >= 0.6 is 65.9 Å². The minimum absolute atomic E-state index is 0. The van der Waals surface area contributed by atoms with Gasteiger partial charge in [-0.2, -0.15) is 0 Å². The van der Waals surface area contributed by atoms with Gasteiger partial charge in [-0.3, -0.25) is 9.59 Å². The van der Waals surface area contributed by atoms with Crippen molar-refractivity contribution in [2.24, 2.45) is 0 Å². The van der Waals surface area contributed by atoms with Gasteiger partial charge in [-0.1, -0.05) is 190 Å². The summed E-state index contributed by atoms with van der Waals surface area (Å²) in [7, 11) is -1.41. The van der Waals surface area contributed by atoms with Gasteiger partial charge in [-0.15, -0.1) is 34.0 Å². The number of benzene rings is 10. The third-order valence-electron chi connectivity index (χ3n) is 12.7. The van der Waals surface area contributed by atoms with Gasteiger partial charge in [0.2, 0.25) is 0 Å². The number of hydrogen-bond acceptors (Lipinski definition) is 7. The van der Waals surface area contributed by atoms with Crippen LogP contribution in [0.3, 0.4) is 0 Å². The minimum atomic E-state index is -1.41. The molecular formula is C62H41BBr2O4S3. The number of ketones is 2. The van der Waals surface area contributed by atoms with Gasteiger partial charge < -0.3 is 10.0 Å². The highest BCUT2D eigenvalue weighted by Crippen LogP contribution is 2.41. The van der Waals surface area contributed by atoms with Gasteiger partial charge in [-0.25, -0.2) is 0 Å². The number of halogens is 2. The van der Waals surface area contributed by atoms with Gasteiger partial charge in [0.05, 0.1) is 0 Å². The van der Waals surface area contributed by atoms with E-state index in [0.29, 0.717) is 27.7 Å². The zero-order valence-electron chi connectivity index (χ0n) is 38.1. The number of thiophene rings is 3. The number of rotatable bonds is 7. The van der Waals surface area contributed by atoms with E-state index in [2.05, 4.69) is 147 Å². The summed E-state index contributed by atoms with van der Waals surface area (Å²) in [5.41, 5.74) is 8.05. The third kappa shape index (κ3) is 9.51. The van der Waals surface area contributed by atoms with E-state index in [9.17, 15) is 19.6 Å². The van der Waals surface area contributed by atoms with Crippen molar-refractivity contribution < 1.29 is 21.1 Å². The maximum Gasteiger partial charge on any atom is 0.489 e. The van der Waals surface area contributed by atoms with Gasteiger partial charge >= 0.3 is 7.12 Å².